The number of ether oxygens (including phenoxy) is 1. The predicted molar refractivity (Wildman–Crippen MR) is 68.9 cm³/mol. The molecule has 0 heterocycles. The second kappa shape index (κ2) is 5.21. The van der Waals surface area contributed by atoms with Gasteiger partial charge in [0, 0.05) is 5.41 Å². The van der Waals surface area contributed by atoms with E-state index in [0.717, 1.165) is 11.3 Å². The van der Waals surface area contributed by atoms with Crippen molar-refractivity contribution in [2.75, 3.05) is 0 Å². The Morgan fingerprint density at radius 1 is 1.29 bits per heavy atom. The standard InChI is InChI=1S/C14H21NO2/c1-10(2)17-12-7-5-11(6-8-12)9-14(3,4)13(15)16/h5-8,10H,9H2,1-4H3,(H2,15,16). The first-order chi connectivity index (χ1) is 7.81. The number of amides is 1. The van der Waals surface area contributed by atoms with Crippen LogP contribution in [0, 0.1) is 5.41 Å². The molecule has 94 valence electrons. The first kappa shape index (κ1) is 13.6. The van der Waals surface area contributed by atoms with Crippen LogP contribution in [0.4, 0.5) is 0 Å². The fourth-order valence-corrected chi connectivity index (χ4v) is 1.56. The molecule has 0 aliphatic heterocycles. The van der Waals surface area contributed by atoms with Gasteiger partial charge in [-0.05, 0) is 38.0 Å². The van der Waals surface area contributed by atoms with Crippen LogP contribution in [0.25, 0.3) is 0 Å². The lowest BCUT2D eigenvalue weighted by Crippen LogP contribution is -2.33. The van der Waals surface area contributed by atoms with Gasteiger partial charge in [0.25, 0.3) is 0 Å². The molecule has 0 fully saturated rings. The van der Waals surface area contributed by atoms with Crippen molar-refractivity contribution in [3.8, 4) is 5.75 Å². The summed E-state index contributed by atoms with van der Waals surface area (Å²) in [6.07, 6.45) is 0.813. The molecule has 0 aliphatic carbocycles. The van der Waals surface area contributed by atoms with Gasteiger partial charge >= 0.3 is 0 Å². The number of rotatable bonds is 5. The summed E-state index contributed by atoms with van der Waals surface area (Å²) in [5, 5.41) is 0. The topological polar surface area (TPSA) is 52.3 Å². The van der Waals surface area contributed by atoms with E-state index >= 15 is 0 Å². The molecule has 0 spiro atoms. The Hall–Kier alpha value is -1.51. The number of carbonyl (C=O) groups excluding carboxylic acids is 1. The highest BCUT2D eigenvalue weighted by atomic mass is 16.5. The molecule has 3 heteroatoms. The minimum atomic E-state index is -0.513. The van der Waals surface area contributed by atoms with Gasteiger partial charge in [0.1, 0.15) is 5.75 Å². The second-order valence-corrected chi connectivity index (χ2v) is 5.24. The zero-order valence-corrected chi connectivity index (χ0v) is 11.0. The number of nitrogens with two attached hydrogens (primary N) is 1. The molecule has 17 heavy (non-hydrogen) atoms. The van der Waals surface area contributed by atoms with Gasteiger partial charge in [-0.3, -0.25) is 4.79 Å². The van der Waals surface area contributed by atoms with Gasteiger partial charge in [-0.1, -0.05) is 26.0 Å². The van der Waals surface area contributed by atoms with Crippen molar-refractivity contribution in [1.82, 2.24) is 0 Å². The second-order valence-electron chi connectivity index (χ2n) is 5.24. The minimum absolute atomic E-state index is 0.169. The third kappa shape index (κ3) is 4.10. The van der Waals surface area contributed by atoms with Crippen LogP contribution in [-0.2, 0) is 11.2 Å². The summed E-state index contributed by atoms with van der Waals surface area (Å²) in [4.78, 5) is 11.2. The van der Waals surface area contributed by atoms with E-state index in [9.17, 15) is 4.79 Å². The van der Waals surface area contributed by atoms with Gasteiger partial charge in [0.05, 0.1) is 6.10 Å². The molecule has 0 aromatic heterocycles. The molecule has 0 saturated heterocycles. The van der Waals surface area contributed by atoms with E-state index in [2.05, 4.69) is 0 Å². The highest BCUT2D eigenvalue weighted by molar-refractivity contribution is 5.80. The fraction of sp³-hybridized carbons (Fsp3) is 0.500. The van der Waals surface area contributed by atoms with E-state index < -0.39 is 5.41 Å². The summed E-state index contributed by atoms with van der Waals surface area (Å²) in [6, 6.07) is 7.80. The average Bonchev–Trinajstić information content (AvgIpc) is 2.19. The first-order valence-corrected chi connectivity index (χ1v) is 5.87. The van der Waals surface area contributed by atoms with Crippen LogP contribution >= 0.6 is 0 Å². The summed E-state index contributed by atoms with van der Waals surface area (Å²) in [5.41, 5.74) is 5.92. The molecule has 3 nitrogen and oxygen atoms in total. The smallest absolute Gasteiger partial charge is 0.223 e. The molecule has 0 bridgehead atoms. The van der Waals surface area contributed by atoms with Crippen molar-refractivity contribution in [3.05, 3.63) is 29.8 Å². The van der Waals surface area contributed by atoms with E-state index in [1.807, 2.05) is 52.0 Å². The van der Waals surface area contributed by atoms with E-state index in [1.54, 1.807) is 0 Å². The number of primary amides is 1. The molecule has 1 aromatic carbocycles. The summed E-state index contributed by atoms with van der Waals surface area (Å²) < 4.78 is 5.56. The van der Waals surface area contributed by atoms with Crippen LogP contribution in [-0.4, -0.2) is 12.0 Å². The number of benzene rings is 1. The average molecular weight is 235 g/mol. The largest absolute Gasteiger partial charge is 0.491 e. The molecule has 1 rings (SSSR count). The summed E-state index contributed by atoms with van der Waals surface area (Å²) in [5.74, 6) is 0.570. The van der Waals surface area contributed by atoms with Crippen LogP contribution in [0.3, 0.4) is 0 Å². The Balaban J connectivity index is 2.72. The highest BCUT2D eigenvalue weighted by Crippen LogP contribution is 2.23. The van der Waals surface area contributed by atoms with Crippen molar-refractivity contribution < 1.29 is 9.53 Å². The Morgan fingerprint density at radius 3 is 2.24 bits per heavy atom. The molecular weight excluding hydrogens is 214 g/mol. The summed E-state index contributed by atoms with van der Waals surface area (Å²) in [7, 11) is 0. The molecule has 0 saturated carbocycles. The zero-order chi connectivity index (χ0) is 13.1. The van der Waals surface area contributed by atoms with Crippen LogP contribution in [0.1, 0.15) is 33.3 Å². The number of hydrogen-bond donors (Lipinski definition) is 1. The van der Waals surface area contributed by atoms with E-state index in [0.29, 0.717) is 6.42 Å². The SMILES string of the molecule is CC(C)Oc1ccc(CC(C)(C)C(N)=O)cc1. The lowest BCUT2D eigenvalue weighted by atomic mass is 9.85. The molecule has 0 atom stereocenters. The van der Waals surface area contributed by atoms with Crippen molar-refractivity contribution in [3.63, 3.8) is 0 Å². The maximum absolute atomic E-state index is 11.2. The van der Waals surface area contributed by atoms with Crippen molar-refractivity contribution in [2.24, 2.45) is 11.1 Å². The van der Waals surface area contributed by atoms with Crippen LogP contribution in [0.5, 0.6) is 5.75 Å². The third-order valence-electron chi connectivity index (χ3n) is 2.61. The lowest BCUT2D eigenvalue weighted by Gasteiger charge is -2.20. The molecule has 1 aromatic rings. The van der Waals surface area contributed by atoms with Crippen LogP contribution in [0.15, 0.2) is 24.3 Å². The number of hydrogen-bond acceptors (Lipinski definition) is 2. The predicted octanol–water partition coefficient (Wildman–Crippen LogP) is 2.53. The van der Waals surface area contributed by atoms with Crippen molar-refractivity contribution in [1.29, 1.82) is 0 Å². The van der Waals surface area contributed by atoms with Gasteiger partial charge < -0.3 is 10.5 Å². The zero-order valence-electron chi connectivity index (χ0n) is 11.0. The van der Waals surface area contributed by atoms with Crippen LogP contribution < -0.4 is 10.5 Å². The van der Waals surface area contributed by atoms with Gasteiger partial charge in [-0.15, -0.1) is 0 Å². The Kier molecular flexibility index (Phi) is 4.16. The van der Waals surface area contributed by atoms with Crippen molar-refractivity contribution >= 4 is 5.91 Å². The first-order valence-electron chi connectivity index (χ1n) is 5.87. The fourth-order valence-electron chi connectivity index (χ4n) is 1.56. The Morgan fingerprint density at radius 2 is 1.82 bits per heavy atom. The van der Waals surface area contributed by atoms with Crippen molar-refractivity contribution in [2.45, 2.75) is 40.2 Å². The Labute approximate surface area is 103 Å². The lowest BCUT2D eigenvalue weighted by molar-refractivity contribution is -0.125. The van der Waals surface area contributed by atoms with E-state index in [-0.39, 0.29) is 12.0 Å². The molecule has 2 N–H and O–H groups in total. The quantitative estimate of drug-likeness (QED) is 0.852. The van der Waals surface area contributed by atoms with E-state index in [1.165, 1.54) is 0 Å². The van der Waals surface area contributed by atoms with Gasteiger partial charge in [0.2, 0.25) is 5.91 Å². The minimum Gasteiger partial charge on any atom is -0.491 e. The number of carbonyl (C=O) groups is 1. The van der Waals surface area contributed by atoms with E-state index in [4.69, 9.17) is 10.5 Å². The summed E-state index contributed by atoms with van der Waals surface area (Å²) >= 11 is 0. The van der Waals surface area contributed by atoms with Gasteiger partial charge in [-0.25, -0.2) is 0 Å². The maximum Gasteiger partial charge on any atom is 0.223 e. The van der Waals surface area contributed by atoms with Gasteiger partial charge in [0.15, 0.2) is 0 Å². The highest BCUT2D eigenvalue weighted by Gasteiger charge is 2.24. The molecular formula is C14H21NO2. The van der Waals surface area contributed by atoms with Crippen LogP contribution in [0.2, 0.25) is 0 Å². The molecule has 0 aliphatic rings. The third-order valence-corrected chi connectivity index (χ3v) is 2.61. The van der Waals surface area contributed by atoms with Gasteiger partial charge in [-0.2, -0.15) is 0 Å². The summed E-state index contributed by atoms with van der Waals surface area (Å²) in [6.45, 7) is 7.69. The monoisotopic (exact) mass is 235 g/mol. The molecule has 0 radical (unpaired) electrons. The Bertz CT molecular complexity index is 380. The maximum atomic E-state index is 11.2. The molecule has 0 unspecified atom stereocenters. The molecule has 1 amide bonds. The normalized spacial score (nSPS) is 11.6.